The van der Waals surface area contributed by atoms with Crippen LogP contribution in [0.25, 0.3) is 54.8 Å². The van der Waals surface area contributed by atoms with Crippen LogP contribution in [0.5, 0.6) is 0 Å². The molecule has 0 saturated carbocycles. The van der Waals surface area contributed by atoms with E-state index in [-0.39, 0.29) is 4.90 Å². The van der Waals surface area contributed by atoms with Crippen LogP contribution in [0.15, 0.2) is 149 Å². The standard InChI is InChI=1S/C35H23NO2S/c37-39(38,26-13-5-2-6-14-26)27-21-19-24(20-22-27)31-23-32-34(29-16-8-7-15-28(29)31)30-17-9-10-18-33(30)36-35(32)25-11-3-1-4-12-25/h1-23H. The van der Waals surface area contributed by atoms with E-state index in [2.05, 4.69) is 54.6 Å². The van der Waals surface area contributed by atoms with Crippen molar-refractivity contribution >= 4 is 42.3 Å². The zero-order chi connectivity index (χ0) is 26.4. The molecule has 7 rings (SSSR count). The second-order valence-electron chi connectivity index (χ2n) is 9.58. The van der Waals surface area contributed by atoms with Crippen molar-refractivity contribution in [3.63, 3.8) is 0 Å². The van der Waals surface area contributed by atoms with Gasteiger partial charge in [-0.15, -0.1) is 0 Å². The Morgan fingerprint density at radius 1 is 0.462 bits per heavy atom. The van der Waals surface area contributed by atoms with Gasteiger partial charge in [0.2, 0.25) is 9.84 Å². The summed E-state index contributed by atoms with van der Waals surface area (Å²) in [7, 11) is -3.59. The van der Waals surface area contributed by atoms with E-state index in [4.69, 9.17) is 4.98 Å². The van der Waals surface area contributed by atoms with Crippen LogP contribution in [-0.4, -0.2) is 13.4 Å². The fourth-order valence-electron chi connectivity index (χ4n) is 5.42. The van der Waals surface area contributed by atoms with Crippen LogP contribution in [0.1, 0.15) is 0 Å². The molecule has 3 nitrogen and oxygen atoms in total. The molecule has 0 radical (unpaired) electrons. The first kappa shape index (κ1) is 23.3. The first-order valence-electron chi connectivity index (χ1n) is 12.8. The molecular weight excluding hydrogens is 498 g/mol. The summed E-state index contributed by atoms with van der Waals surface area (Å²) in [5.41, 5.74) is 4.93. The number of hydrogen-bond donors (Lipinski definition) is 0. The maximum atomic E-state index is 13.2. The Morgan fingerprint density at radius 3 is 1.74 bits per heavy atom. The zero-order valence-corrected chi connectivity index (χ0v) is 21.8. The summed E-state index contributed by atoms with van der Waals surface area (Å²) in [6.45, 7) is 0. The van der Waals surface area contributed by atoms with Gasteiger partial charge in [0.1, 0.15) is 0 Å². The summed E-state index contributed by atoms with van der Waals surface area (Å²) in [6, 6.07) is 44.9. The molecule has 186 valence electrons. The van der Waals surface area contributed by atoms with E-state index in [1.807, 2.05) is 48.5 Å². The molecule has 0 aliphatic rings. The first-order valence-corrected chi connectivity index (χ1v) is 14.3. The lowest BCUT2D eigenvalue weighted by molar-refractivity contribution is 0.596. The predicted octanol–water partition coefficient (Wildman–Crippen LogP) is 8.71. The zero-order valence-electron chi connectivity index (χ0n) is 21.0. The van der Waals surface area contributed by atoms with Crippen LogP contribution in [0.3, 0.4) is 0 Å². The van der Waals surface area contributed by atoms with Gasteiger partial charge in [0, 0.05) is 21.7 Å². The van der Waals surface area contributed by atoms with E-state index in [9.17, 15) is 8.42 Å². The molecule has 0 aliphatic heterocycles. The average Bonchev–Trinajstić information content (AvgIpc) is 3.01. The second kappa shape index (κ2) is 9.19. The van der Waals surface area contributed by atoms with Crippen LogP contribution in [-0.2, 0) is 9.84 Å². The van der Waals surface area contributed by atoms with Gasteiger partial charge in [-0.25, -0.2) is 13.4 Å². The molecule has 1 aromatic heterocycles. The molecule has 0 aliphatic carbocycles. The van der Waals surface area contributed by atoms with E-state index in [0.29, 0.717) is 4.90 Å². The molecule has 0 bridgehead atoms. The lowest BCUT2D eigenvalue weighted by Gasteiger charge is -2.16. The van der Waals surface area contributed by atoms with Crippen molar-refractivity contribution in [2.75, 3.05) is 0 Å². The maximum Gasteiger partial charge on any atom is 0.206 e. The van der Waals surface area contributed by atoms with Crippen LogP contribution in [0.4, 0.5) is 0 Å². The van der Waals surface area contributed by atoms with E-state index < -0.39 is 9.84 Å². The van der Waals surface area contributed by atoms with Gasteiger partial charge in [-0.05, 0) is 58.3 Å². The summed E-state index contributed by atoms with van der Waals surface area (Å²) in [5.74, 6) is 0. The van der Waals surface area contributed by atoms with Gasteiger partial charge in [0.05, 0.1) is 21.0 Å². The number of para-hydroxylation sites is 1. The molecule has 0 spiro atoms. The number of hydrogen-bond acceptors (Lipinski definition) is 3. The summed E-state index contributed by atoms with van der Waals surface area (Å²) in [6.07, 6.45) is 0. The molecule has 39 heavy (non-hydrogen) atoms. The minimum Gasteiger partial charge on any atom is -0.247 e. The number of nitrogens with zero attached hydrogens (tertiary/aromatic N) is 1. The van der Waals surface area contributed by atoms with Gasteiger partial charge in [-0.1, -0.05) is 103 Å². The van der Waals surface area contributed by atoms with Crippen molar-refractivity contribution in [3.05, 3.63) is 140 Å². The van der Waals surface area contributed by atoms with E-state index in [0.717, 1.165) is 49.4 Å². The molecule has 0 atom stereocenters. The Morgan fingerprint density at radius 2 is 1.03 bits per heavy atom. The summed E-state index contributed by atoms with van der Waals surface area (Å²) >= 11 is 0. The minimum atomic E-state index is -3.59. The molecule has 4 heteroatoms. The third-order valence-electron chi connectivity index (χ3n) is 7.28. The lowest BCUT2D eigenvalue weighted by atomic mass is 9.90. The minimum absolute atomic E-state index is 0.278. The Labute approximate surface area is 226 Å². The van der Waals surface area contributed by atoms with Gasteiger partial charge in [0.25, 0.3) is 0 Å². The van der Waals surface area contributed by atoms with Crippen molar-refractivity contribution in [2.45, 2.75) is 9.79 Å². The monoisotopic (exact) mass is 521 g/mol. The van der Waals surface area contributed by atoms with E-state index in [1.54, 1.807) is 36.4 Å². The highest BCUT2D eigenvalue weighted by Crippen LogP contribution is 2.41. The Kier molecular flexibility index (Phi) is 5.50. The van der Waals surface area contributed by atoms with Gasteiger partial charge >= 0.3 is 0 Å². The van der Waals surface area contributed by atoms with Crippen molar-refractivity contribution in [2.24, 2.45) is 0 Å². The van der Waals surface area contributed by atoms with Gasteiger partial charge in [0.15, 0.2) is 0 Å². The molecule has 0 unspecified atom stereocenters. The smallest absolute Gasteiger partial charge is 0.206 e. The van der Waals surface area contributed by atoms with Crippen molar-refractivity contribution in [3.8, 4) is 22.4 Å². The molecule has 0 amide bonds. The van der Waals surface area contributed by atoms with Crippen molar-refractivity contribution in [1.82, 2.24) is 4.98 Å². The number of rotatable bonds is 4. The fraction of sp³-hybridized carbons (Fsp3) is 0. The quantitative estimate of drug-likeness (QED) is 0.218. The highest BCUT2D eigenvalue weighted by atomic mass is 32.2. The number of pyridine rings is 1. The molecule has 7 aromatic rings. The SMILES string of the molecule is O=S(=O)(c1ccccc1)c1ccc(-c2cc3c(-c4ccccc4)nc4ccccc4c3c3ccccc23)cc1. The predicted molar refractivity (Wildman–Crippen MR) is 160 cm³/mol. The highest BCUT2D eigenvalue weighted by molar-refractivity contribution is 7.91. The lowest BCUT2D eigenvalue weighted by Crippen LogP contribution is -2.01. The number of fused-ring (bicyclic) bond motifs is 5. The Bertz CT molecular complexity index is 2100. The number of aromatic nitrogens is 1. The third-order valence-corrected chi connectivity index (χ3v) is 9.07. The van der Waals surface area contributed by atoms with Crippen molar-refractivity contribution < 1.29 is 8.42 Å². The second-order valence-corrected chi connectivity index (χ2v) is 11.5. The van der Waals surface area contributed by atoms with E-state index in [1.165, 1.54) is 5.39 Å². The Hall–Kier alpha value is -4.80. The van der Waals surface area contributed by atoms with Gasteiger partial charge < -0.3 is 0 Å². The third kappa shape index (κ3) is 3.89. The van der Waals surface area contributed by atoms with Crippen LogP contribution < -0.4 is 0 Å². The van der Waals surface area contributed by atoms with E-state index >= 15 is 0 Å². The Balaban J connectivity index is 1.50. The topological polar surface area (TPSA) is 47.0 Å². The van der Waals surface area contributed by atoms with Gasteiger partial charge in [-0.2, -0.15) is 0 Å². The average molecular weight is 522 g/mol. The molecule has 0 fully saturated rings. The normalized spacial score (nSPS) is 11.8. The van der Waals surface area contributed by atoms with Crippen LogP contribution in [0.2, 0.25) is 0 Å². The molecule has 1 heterocycles. The summed E-state index contributed by atoms with van der Waals surface area (Å²) in [5, 5.41) is 5.59. The van der Waals surface area contributed by atoms with Crippen LogP contribution in [0, 0.1) is 0 Å². The summed E-state index contributed by atoms with van der Waals surface area (Å²) in [4.78, 5) is 5.68. The maximum absolute atomic E-state index is 13.2. The molecule has 6 aromatic carbocycles. The fourth-order valence-corrected chi connectivity index (χ4v) is 6.70. The van der Waals surface area contributed by atoms with Crippen molar-refractivity contribution in [1.29, 1.82) is 0 Å². The largest absolute Gasteiger partial charge is 0.247 e. The first-order chi connectivity index (χ1) is 19.1. The summed E-state index contributed by atoms with van der Waals surface area (Å²) < 4.78 is 26.4. The highest BCUT2D eigenvalue weighted by Gasteiger charge is 2.19. The number of benzene rings is 6. The molecule has 0 N–H and O–H groups in total. The number of sulfone groups is 1. The van der Waals surface area contributed by atoms with Crippen LogP contribution >= 0.6 is 0 Å². The van der Waals surface area contributed by atoms with Gasteiger partial charge in [-0.3, -0.25) is 0 Å². The molecular formula is C35H23NO2S. The molecule has 0 saturated heterocycles.